The highest BCUT2D eigenvalue weighted by Crippen LogP contribution is 2.27. The first-order valence-corrected chi connectivity index (χ1v) is 7.06. The number of carbonyl (C=O) groups excluding carboxylic acids is 1. The molecule has 1 saturated heterocycles. The minimum Gasteiger partial charge on any atom is -0.457 e. The summed E-state index contributed by atoms with van der Waals surface area (Å²) < 4.78 is 5.63. The third-order valence-electron chi connectivity index (χ3n) is 3.52. The Kier molecular flexibility index (Phi) is 3.42. The molecule has 5 nitrogen and oxygen atoms in total. The lowest BCUT2D eigenvalue weighted by molar-refractivity contribution is 0.0704. The van der Waals surface area contributed by atoms with Gasteiger partial charge in [0.05, 0.1) is 11.8 Å². The van der Waals surface area contributed by atoms with Crippen molar-refractivity contribution in [1.82, 2.24) is 15.1 Å². The molecule has 3 heterocycles. The van der Waals surface area contributed by atoms with E-state index in [0.717, 1.165) is 31.6 Å². The van der Waals surface area contributed by atoms with Crippen LogP contribution in [0.2, 0.25) is 0 Å². The van der Waals surface area contributed by atoms with Gasteiger partial charge in [0.1, 0.15) is 0 Å². The van der Waals surface area contributed by atoms with E-state index in [9.17, 15) is 4.79 Å². The molecule has 1 aliphatic rings. The normalized spacial score (nSPS) is 19.6. The number of halogens is 1. The molecule has 19 heavy (non-hydrogen) atoms. The molecular weight excluding hydrogens is 310 g/mol. The lowest BCUT2D eigenvalue weighted by Crippen LogP contribution is -2.39. The van der Waals surface area contributed by atoms with Crippen LogP contribution in [0.4, 0.5) is 0 Å². The summed E-state index contributed by atoms with van der Waals surface area (Å²) in [5.74, 6) is 0.357. The van der Waals surface area contributed by atoms with E-state index in [1.165, 1.54) is 6.26 Å². The molecule has 0 bridgehead atoms. The quantitative estimate of drug-likeness (QED) is 0.924. The molecule has 1 unspecified atom stereocenters. The molecule has 1 fully saturated rings. The Labute approximate surface area is 119 Å². The van der Waals surface area contributed by atoms with E-state index >= 15 is 0 Å². The molecule has 1 atom stereocenters. The van der Waals surface area contributed by atoms with Crippen molar-refractivity contribution in [2.24, 2.45) is 0 Å². The summed E-state index contributed by atoms with van der Waals surface area (Å²) in [6.07, 6.45) is 5.36. The predicted octanol–water partition coefficient (Wildman–Crippen LogP) is 2.79. The first-order chi connectivity index (χ1) is 9.25. The number of aromatic amines is 1. The first kappa shape index (κ1) is 12.5. The summed E-state index contributed by atoms with van der Waals surface area (Å²) in [6.45, 7) is 1.51. The molecule has 100 valence electrons. The van der Waals surface area contributed by atoms with Crippen molar-refractivity contribution in [3.05, 3.63) is 40.5 Å². The van der Waals surface area contributed by atoms with E-state index in [2.05, 4.69) is 26.1 Å². The minimum absolute atomic E-state index is 0.0184. The number of piperidine rings is 1. The predicted molar refractivity (Wildman–Crippen MR) is 72.9 cm³/mol. The molecular formula is C13H14BrN3O2. The zero-order valence-corrected chi connectivity index (χ0v) is 11.9. The van der Waals surface area contributed by atoms with E-state index in [0.29, 0.717) is 16.2 Å². The van der Waals surface area contributed by atoms with Crippen LogP contribution in [0.3, 0.4) is 0 Å². The zero-order chi connectivity index (χ0) is 13.2. The number of likely N-dealkylation sites (tertiary alicyclic amines) is 1. The van der Waals surface area contributed by atoms with Gasteiger partial charge < -0.3 is 9.32 Å². The summed E-state index contributed by atoms with van der Waals surface area (Å²) in [7, 11) is 0. The van der Waals surface area contributed by atoms with E-state index in [4.69, 9.17) is 4.42 Å². The number of furan rings is 1. The summed E-state index contributed by atoms with van der Waals surface area (Å²) in [5.41, 5.74) is 1.69. The maximum Gasteiger partial charge on any atom is 0.258 e. The van der Waals surface area contributed by atoms with Crippen LogP contribution >= 0.6 is 15.9 Å². The number of nitrogens with zero attached hydrogens (tertiary/aromatic N) is 2. The molecule has 1 N–H and O–H groups in total. The molecule has 0 aromatic carbocycles. The van der Waals surface area contributed by atoms with Gasteiger partial charge in [-0.05, 0) is 40.9 Å². The molecule has 0 spiro atoms. The van der Waals surface area contributed by atoms with Gasteiger partial charge in [-0.1, -0.05) is 0 Å². The topological polar surface area (TPSA) is 62.1 Å². The average Bonchev–Trinajstić information content (AvgIpc) is 3.09. The van der Waals surface area contributed by atoms with Gasteiger partial charge in [-0.15, -0.1) is 0 Å². The Morgan fingerprint density at radius 3 is 3.11 bits per heavy atom. The second kappa shape index (κ2) is 5.21. The Bertz CT molecular complexity index is 564. The number of carbonyl (C=O) groups is 1. The van der Waals surface area contributed by atoms with Gasteiger partial charge in [0.25, 0.3) is 5.91 Å². The molecule has 0 aliphatic carbocycles. The SMILES string of the molecule is O=C(c1ccoc1Br)N1CCCC(c2ccn[nH]2)C1. The third kappa shape index (κ3) is 2.45. The molecule has 2 aromatic rings. The second-order valence-electron chi connectivity index (χ2n) is 4.71. The largest absolute Gasteiger partial charge is 0.457 e. The summed E-state index contributed by atoms with van der Waals surface area (Å²) in [4.78, 5) is 14.3. The van der Waals surface area contributed by atoms with E-state index in [1.807, 2.05) is 11.0 Å². The smallest absolute Gasteiger partial charge is 0.258 e. The Morgan fingerprint density at radius 1 is 1.53 bits per heavy atom. The van der Waals surface area contributed by atoms with Crippen LogP contribution in [0.1, 0.15) is 34.8 Å². The highest BCUT2D eigenvalue weighted by molar-refractivity contribution is 9.10. The number of hydrogen-bond donors (Lipinski definition) is 1. The number of rotatable bonds is 2. The second-order valence-corrected chi connectivity index (χ2v) is 5.43. The molecule has 1 aliphatic heterocycles. The van der Waals surface area contributed by atoms with Crippen LogP contribution < -0.4 is 0 Å². The van der Waals surface area contributed by atoms with Crippen LogP contribution in [0.15, 0.2) is 33.7 Å². The minimum atomic E-state index is 0.0184. The van der Waals surface area contributed by atoms with E-state index in [1.54, 1.807) is 12.3 Å². The van der Waals surface area contributed by atoms with Crippen molar-refractivity contribution in [1.29, 1.82) is 0 Å². The van der Waals surface area contributed by atoms with Gasteiger partial charge >= 0.3 is 0 Å². The summed E-state index contributed by atoms with van der Waals surface area (Å²) in [6, 6.07) is 3.68. The average molecular weight is 324 g/mol. The lowest BCUT2D eigenvalue weighted by atomic mass is 9.94. The Morgan fingerprint density at radius 2 is 2.42 bits per heavy atom. The van der Waals surface area contributed by atoms with Gasteiger partial charge in [-0.2, -0.15) is 5.10 Å². The van der Waals surface area contributed by atoms with Crippen LogP contribution in [0, 0.1) is 0 Å². The zero-order valence-electron chi connectivity index (χ0n) is 10.3. The van der Waals surface area contributed by atoms with Crippen molar-refractivity contribution in [3.8, 4) is 0 Å². The fraction of sp³-hybridized carbons (Fsp3) is 0.385. The number of nitrogens with one attached hydrogen (secondary N) is 1. The van der Waals surface area contributed by atoms with Crippen LogP contribution in [-0.4, -0.2) is 34.1 Å². The number of aromatic nitrogens is 2. The fourth-order valence-electron chi connectivity index (χ4n) is 2.53. The Balaban J connectivity index is 1.75. The molecule has 6 heteroatoms. The highest BCUT2D eigenvalue weighted by atomic mass is 79.9. The monoisotopic (exact) mass is 323 g/mol. The van der Waals surface area contributed by atoms with Gasteiger partial charge in [0.2, 0.25) is 0 Å². The molecule has 1 amide bonds. The maximum atomic E-state index is 12.4. The van der Waals surface area contributed by atoms with Gasteiger partial charge in [0, 0.05) is 30.9 Å². The summed E-state index contributed by atoms with van der Waals surface area (Å²) in [5, 5.41) is 6.98. The molecule has 2 aromatic heterocycles. The first-order valence-electron chi connectivity index (χ1n) is 6.27. The fourth-order valence-corrected chi connectivity index (χ4v) is 2.94. The van der Waals surface area contributed by atoms with Crippen molar-refractivity contribution in [3.63, 3.8) is 0 Å². The maximum absolute atomic E-state index is 12.4. The van der Waals surface area contributed by atoms with Crippen molar-refractivity contribution < 1.29 is 9.21 Å². The van der Waals surface area contributed by atoms with Crippen LogP contribution in [0.25, 0.3) is 0 Å². The Hall–Kier alpha value is -1.56. The van der Waals surface area contributed by atoms with Gasteiger partial charge in [-0.25, -0.2) is 0 Å². The molecule has 0 radical (unpaired) electrons. The molecule has 0 saturated carbocycles. The summed E-state index contributed by atoms with van der Waals surface area (Å²) >= 11 is 3.26. The van der Waals surface area contributed by atoms with E-state index < -0.39 is 0 Å². The number of hydrogen-bond acceptors (Lipinski definition) is 3. The lowest BCUT2D eigenvalue weighted by Gasteiger charge is -2.32. The standard InChI is InChI=1S/C13H14BrN3O2/c14-12-10(4-7-19-12)13(18)17-6-1-2-9(8-17)11-3-5-15-16-11/h3-5,7,9H,1-2,6,8H2,(H,15,16). The van der Waals surface area contributed by atoms with Crippen LogP contribution in [0.5, 0.6) is 0 Å². The van der Waals surface area contributed by atoms with Gasteiger partial charge in [0.15, 0.2) is 4.67 Å². The van der Waals surface area contributed by atoms with Crippen molar-refractivity contribution >= 4 is 21.8 Å². The highest BCUT2D eigenvalue weighted by Gasteiger charge is 2.27. The third-order valence-corrected chi connectivity index (χ3v) is 4.13. The number of H-pyrrole nitrogens is 1. The number of amides is 1. The molecule has 3 rings (SSSR count). The van der Waals surface area contributed by atoms with Crippen molar-refractivity contribution in [2.75, 3.05) is 13.1 Å². The van der Waals surface area contributed by atoms with Crippen molar-refractivity contribution in [2.45, 2.75) is 18.8 Å². The van der Waals surface area contributed by atoms with Gasteiger partial charge in [-0.3, -0.25) is 9.89 Å². The van der Waals surface area contributed by atoms with Crippen LogP contribution in [-0.2, 0) is 0 Å². The van der Waals surface area contributed by atoms with E-state index in [-0.39, 0.29) is 5.91 Å².